The first kappa shape index (κ1) is 35.2. The molecule has 0 aliphatic heterocycles. The van der Waals surface area contributed by atoms with Crippen LogP contribution in [0.4, 0.5) is 42.9 Å². The summed E-state index contributed by atoms with van der Waals surface area (Å²) in [4.78, 5) is 4.37. The van der Waals surface area contributed by atoms with Crippen molar-refractivity contribution in [1.29, 1.82) is 0 Å². The van der Waals surface area contributed by atoms with Gasteiger partial charge >= 0.3 is 0 Å². The number of hydrogen-bond donors (Lipinski definition) is 0. The van der Waals surface area contributed by atoms with E-state index in [0.717, 1.165) is 55.7 Å². The van der Waals surface area contributed by atoms with Crippen LogP contribution < -0.4 is 9.80 Å². The van der Waals surface area contributed by atoms with Crippen LogP contribution in [0.1, 0.15) is 22.3 Å². The van der Waals surface area contributed by atoms with Crippen molar-refractivity contribution in [2.45, 2.75) is 5.41 Å². The van der Waals surface area contributed by atoms with Crippen molar-refractivity contribution in [3.8, 4) is 22.3 Å². The second kappa shape index (κ2) is 13.6. The third-order valence-electron chi connectivity index (χ3n) is 12.7. The highest BCUT2D eigenvalue weighted by Gasteiger charge is 2.51. The molecule has 0 fully saturated rings. The van der Waals surface area contributed by atoms with Gasteiger partial charge in [-0.25, -0.2) is 8.78 Å². The lowest BCUT2D eigenvalue weighted by Crippen LogP contribution is -2.25. The maximum absolute atomic E-state index is 14.2. The van der Waals surface area contributed by atoms with Crippen LogP contribution in [-0.2, 0) is 5.41 Å². The molecule has 0 atom stereocenters. The average molecular weight is 787 g/mol. The number of hydrogen-bond acceptors (Lipinski definition) is 2. The molecule has 4 heteroatoms. The van der Waals surface area contributed by atoms with E-state index in [9.17, 15) is 8.78 Å². The summed E-state index contributed by atoms with van der Waals surface area (Å²) in [6.07, 6.45) is 0. The molecule has 2 aliphatic carbocycles. The molecule has 0 radical (unpaired) electrons. The van der Waals surface area contributed by atoms with Crippen molar-refractivity contribution in [2.24, 2.45) is 0 Å². The highest BCUT2D eigenvalue weighted by atomic mass is 19.1. The standard InChI is InChI=1S/C57H36F2N2/c58-41-21-27-45(28-22-41)60(43-11-3-1-4-12-43)47-25-19-37-33-51-52-34-38-20-26-48(61(44-13-5-2-6-14-44)46-29-23-42(59)24-30-46)32-40(38)36-56(52)57(55(51)35-39(37)31-47)53-17-9-7-15-49(53)50-16-8-10-18-54(50)57/h1-36H. The summed E-state index contributed by atoms with van der Waals surface area (Å²) in [6.45, 7) is 0. The molecule has 0 N–H and O–H groups in total. The third-order valence-corrected chi connectivity index (χ3v) is 12.7. The van der Waals surface area contributed by atoms with Crippen LogP contribution in [0, 0.1) is 11.6 Å². The van der Waals surface area contributed by atoms with Gasteiger partial charge in [0.1, 0.15) is 11.6 Å². The number of halogens is 2. The molecule has 2 aliphatic rings. The summed E-state index contributed by atoms with van der Waals surface area (Å²) >= 11 is 0. The predicted octanol–water partition coefficient (Wildman–Crippen LogP) is 15.6. The molecule has 0 saturated heterocycles. The number of rotatable bonds is 6. The molecule has 288 valence electrons. The third kappa shape index (κ3) is 5.39. The highest BCUT2D eigenvalue weighted by molar-refractivity contribution is 6.04. The van der Waals surface area contributed by atoms with Crippen molar-refractivity contribution in [3.05, 3.63) is 252 Å². The topological polar surface area (TPSA) is 6.48 Å². The summed E-state index contributed by atoms with van der Waals surface area (Å²) in [5.74, 6) is -0.531. The van der Waals surface area contributed by atoms with Gasteiger partial charge in [-0.3, -0.25) is 0 Å². The first-order valence-corrected chi connectivity index (χ1v) is 20.6. The van der Waals surface area contributed by atoms with E-state index >= 15 is 0 Å². The van der Waals surface area contributed by atoms with Crippen LogP contribution in [-0.4, -0.2) is 0 Å². The molecule has 0 aromatic heterocycles. The summed E-state index contributed by atoms with van der Waals surface area (Å²) in [7, 11) is 0. The lowest BCUT2D eigenvalue weighted by Gasteiger charge is -2.31. The molecule has 1 spiro atoms. The Hall–Kier alpha value is -7.82. The van der Waals surface area contributed by atoms with Crippen LogP contribution in [0.3, 0.4) is 0 Å². The molecular formula is C57H36F2N2. The van der Waals surface area contributed by atoms with E-state index < -0.39 is 5.41 Å². The molecule has 2 nitrogen and oxygen atoms in total. The first-order chi connectivity index (χ1) is 30.0. The van der Waals surface area contributed by atoms with Crippen LogP contribution in [0.15, 0.2) is 218 Å². The summed E-state index contributed by atoms with van der Waals surface area (Å²) in [5.41, 5.74) is 15.2. The second-order valence-electron chi connectivity index (χ2n) is 16.0. The number of fused-ring (bicyclic) bond motifs is 12. The Kier molecular flexibility index (Phi) is 7.85. The van der Waals surface area contributed by atoms with Gasteiger partial charge in [-0.15, -0.1) is 0 Å². The minimum atomic E-state index is -0.571. The minimum absolute atomic E-state index is 0.266. The van der Waals surface area contributed by atoms with Gasteiger partial charge < -0.3 is 9.80 Å². The van der Waals surface area contributed by atoms with Gasteiger partial charge in [0.05, 0.1) is 5.41 Å². The average Bonchev–Trinajstić information content (AvgIpc) is 3.76. The van der Waals surface area contributed by atoms with E-state index in [1.165, 1.54) is 68.8 Å². The highest BCUT2D eigenvalue weighted by Crippen LogP contribution is 2.64. The van der Waals surface area contributed by atoms with Crippen molar-refractivity contribution in [3.63, 3.8) is 0 Å². The Balaban J connectivity index is 1.10. The molecule has 0 unspecified atom stereocenters. The fourth-order valence-corrected chi connectivity index (χ4v) is 10.1. The van der Waals surface area contributed by atoms with E-state index in [2.05, 4.69) is 143 Å². The number of para-hydroxylation sites is 2. The van der Waals surface area contributed by atoms with Gasteiger partial charge in [0, 0.05) is 34.1 Å². The Morgan fingerprint density at radius 3 is 1.05 bits per heavy atom. The van der Waals surface area contributed by atoms with Gasteiger partial charge in [-0.05, 0) is 187 Å². The lowest BCUT2D eigenvalue weighted by atomic mass is 9.70. The molecule has 0 heterocycles. The van der Waals surface area contributed by atoms with E-state index in [4.69, 9.17) is 0 Å². The van der Waals surface area contributed by atoms with Gasteiger partial charge in [0.2, 0.25) is 0 Å². The van der Waals surface area contributed by atoms with Crippen LogP contribution in [0.2, 0.25) is 0 Å². The van der Waals surface area contributed by atoms with Crippen LogP contribution >= 0.6 is 0 Å². The summed E-state index contributed by atoms with van der Waals surface area (Å²) < 4.78 is 28.5. The maximum Gasteiger partial charge on any atom is 0.123 e. The Morgan fingerprint density at radius 1 is 0.262 bits per heavy atom. The smallest absolute Gasteiger partial charge is 0.123 e. The molecule has 0 saturated carbocycles. The minimum Gasteiger partial charge on any atom is -0.310 e. The lowest BCUT2D eigenvalue weighted by molar-refractivity contribution is 0.627. The zero-order chi connectivity index (χ0) is 40.7. The van der Waals surface area contributed by atoms with Crippen molar-refractivity contribution < 1.29 is 8.78 Å². The fraction of sp³-hybridized carbons (Fsp3) is 0.0175. The maximum atomic E-state index is 14.2. The van der Waals surface area contributed by atoms with Crippen LogP contribution in [0.25, 0.3) is 43.8 Å². The Morgan fingerprint density at radius 2 is 0.623 bits per heavy atom. The molecule has 0 bridgehead atoms. The molecule has 10 aromatic carbocycles. The van der Waals surface area contributed by atoms with Crippen molar-refractivity contribution >= 4 is 55.7 Å². The van der Waals surface area contributed by atoms with Gasteiger partial charge in [0.25, 0.3) is 0 Å². The van der Waals surface area contributed by atoms with E-state index in [-0.39, 0.29) is 11.6 Å². The van der Waals surface area contributed by atoms with Crippen molar-refractivity contribution in [1.82, 2.24) is 0 Å². The molecular weight excluding hydrogens is 751 g/mol. The number of nitrogens with zero attached hydrogens (tertiary/aromatic N) is 2. The Labute approximate surface area is 352 Å². The SMILES string of the molecule is Fc1ccc(N(c2ccccc2)c2ccc3cc4c(cc3c2)C2(c3ccccc3-c3ccccc32)c2cc3cc(N(c5ccccc5)c5ccc(F)cc5)ccc3cc2-4)cc1. The molecule has 0 amide bonds. The Bertz CT molecular complexity index is 3100. The van der Waals surface area contributed by atoms with E-state index in [0.29, 0.717) is 0 Å². The zero-order valence-corrected chi connectivity index (χ0v) is 32.9. The molecule has 61 heavy (non-hydrogen) atoms. The predicted molar refractivity (Wildman–Crippen MR) is 247 cm³/mol. The van der Waals surface area contributed by atoms with Gasteiger partial charge in [-0.1, -0.05) is 97.1 Å². The van der Waals surface area contributed by atoms with Crippen LogP contribution in [0.5, 0.6) is 0 Å². The largest absolute Gasteiger partial charge is 0.310 e. The summed E-state index contributed by atoms with van der Waals surface area (Å²) in [5, 5.41) is 4.53. The van der Waals surface area contributed by atoms with E-state index in [1.807, 2.05) is 60.7 Å². The first-order valence-electron chi connectivity index (χ1n) is 20.6. The quantitative estimate of drug-likeness (QED) is 0.166. The second-order valence-corrected chi connectivity index (χ2v) is 16.0. The molecule has 12 rings (SSSR count). The zero-order valence-electron chi connectivity index (χ0n) is 32.9. The number of benzene rings is 10. The monoisotopic (exact) mass is 786 g/mol. The fourth-order valence-electron chi connectivity index (χ4n) is 10.1. The summed E-state index contributed by atoms with van der Waals surface area (Å²) in [6, 6.07) is 74.6. The normalized spacial score (nSPS) is 12.9. The van der Waals surface area contributed by atoms with Gasteiger partial charge in [-0.2, -0.15) is 0 Å². The van der Waals surface area contributed by atoms with E-state index in [1.54, 1.807) is 0 Å². The van der Waals surface area contributed by atoms with Crippen molar-refractivity contribution in [2.75, 3.05) is 9.80 Å². The number of anilines is 6. The van der Waals surface area contributed by atoms with Gasteiger partial charge in [0.15, 0.2) is 0 Å². The molecule has 10 aromatic rings.